The van der Waals surface area contributed by atoms with Gasteiger partial charge < -0.3 is 19.2 Å². The number of esters is 1. The average Bonchev–Trinajstić information content (AvgIpc) is 3.26. The van der Waals surface area contributed by atoms with Gasteiger partial charge in [0.15, 0.2) is 0 Å². The molecule has 1 aliphatic rings. The molecule has 1 aromatic carbocycles. The zero-order chi connectivity index (χ0) is 19.0. The highest BCUT2D eigenvalue weighted by molar-refractivity contribution is 7.18. The van der Waals surface area contributed by atoms with Gasteiger partial charge in [-0.2, -0.15) is 0 Å². The first-order valence-corrected chi connectivity index (χ1v) is 9.34. The minimum atomic E-state index is -0.552. The number of aryl methyl sites for hydroxylation is 2. The van der Waals surface area contributed by atoms with Crippen LogP contribution in [0.1, 0.15) is 33.0 Å². The van der Waals surface area contributed by atoms with Crippen LogP contribution in [0.5, 0.6) is 11.5 Å². The number of aromatic nitrogens is 2. The van der Waals surface area contributed by atoms with Gasteiger partial charge in [-0.25, -0.2) is 9.78 Å². The molecule has 2 aromatic heterocycles. The third-order valence-corrected chi connectivity index (χ3v) is 5.74. The Kier molecular flexibility index (Phi) is 4.57. The summed E-state index contributed by atoms with van der Waals surface area (Å²) in [5, 5.41) is 0.681. The number of nitrogens with one attached hydrogen (secondary N) is 1. The molecular formula is C19H18N2O5S. The van der Waals surface area contributed by atoms with Gasteiger partial charge in [0.1, 0.15) is 28.8 Å². The summed E-state index contributed by atoms with van der Waals surface area (Å²) in [6, 6.07) is 4.79. The first-order valence-electron chi connectivity index (χ1n) is 8.52. The maximum Gasteiger partial charge on any atom is 0.338 e. The Hall–Kier alpha value is -2.87. The third kappa shape index (κ3) is 3.28. The average molecular weight is 386 g/mol. The molecule has 0 fully saturated rings. The number of fused-ring (bicyclic) bond motifs is 3. The van der Waals surface area contributed by atoms with Gasteiger partial charge in [-0.15, -0.1) is 11.3 Å². The van der Waals surface area contributed by atoms with E-state index in [0.717, 1.165) is 24.8 Å². The summed E-state index contributed by atoms with van der Waals surface area (Å²) in [5.74, 6) is 0.754. The summed E-state index contributed by atoms with van der Waals surface area (Å²) in [5.41, 5.74) is 1.24. The summed E-state index contributed by atoms with van der Waals surface area (Å²) in [6.45, 7) is -0.119. The number of benzene rings is 1. The van der Waals surface area contributed by atoms with Crippen LogP contribution in [-0.4, -0.2) is 30.2 Å². The largest absolute Gasteiger partial charge is 0.497 e. The molecule has 0 spiro atoms. The van der Waals surface area contributed by atoms with Crippen molar-refractivity contribution in [2.45, 2.75) is 25.9 Å². The van der Waals surface area contributed by atoms with Crippen LogP contribution in [-0.2, 0) is 24.2 Å². The van der Waals surface area contributed by atoms with E-state index in [9.17, 15) is 9.59 Å². The van der Waals surface area contributed by atoms with Crippen molar-refractivity contribution in [3.05, 3.63) is 50.4 Å². The molecule has 0 saturated heterocycles. The number of nitrogens with zero attached hydrogens (tertiary/aromatic N) is 1. The van der Waals surface area contributed by atoms with Crippen molar-refractivity contribution < 1.29 is 19.0 Å². The molecule has 1 aliphatic carbocycles. The van der Waals surface area contributed by atoms with Crippen LogP contribution < -0.4 is 15.0 Å². The number of rotatable bonds is 5. The van der Waals surface area contributed by atoms with E-state index >= 15 is 0 Å². The summed E-state index contributed by atoms with van der Waals surface area (Å²) in [6.07, 6.45) is 3.00. The van der Waals surface area contributed by atoms with Gasteiger partial charge in [-0.05, 0) is 37.0 Å². The summed E-state index contributed by atoms with van der Waals surface area (Å²) in [4.78, 5) is 33.9. The molecule has 3 aromatic rings. The summed E-state index contributed by atoms with van der Waals surface area (Å²) >= 11 is 1.55. The van der Waals surface area contributed by atoms with Gasteiger partial charge >= 0.3 is 5.97 Å². The van der Waals surface area contributed by atoms with Gasteiger partial charge in [0.2, 0.25) is 0 Å². The van der Waals surface area contributed by atoms with E-state index in [0.29, 0.717) is 33.1 Å². The zero-order valence-electron chi connectivity index (χ0n) is 15.0. The molecule has 0 radical (unpaired) electrons. The Morgan fingerprint density at radius 2 is 1.93 bits per heavy atom. The van der Waals surface area contributed by atoms with Crippen molar-refractivity contribution in [1.82, 2.24) is 9.97 Å². The lowest BCUT2D eigenvalue weighted by Gasteiger charge is -2.08. The Labute approximate surface area is 158 Å². The maximum absolute atomic E-state index is 12.4. The van der Waals surface area contributed by atoms with E-state index in [2.05, 4.69) is 9.97 Å². The SMILES string of the molecule is COc1cc(OC)cc(C(=O)OCc2nc3sc4c(c3c(=O)[nH]2)CCC4)c1. The molecule has 4 rings (SSSR count). The van der Waals surface area contributed by atoms with Crippen molar-refractivity contribution in [2.75, 3.05) is 14.2 Å². The number of aromatic amines is 1. The summed E-state index contributed by atoms with van der Waals surface area (Å²) in [7, 11) is 3.01. The monoisotopic (exact) mass is 386 g/mol. The normalized spacial score (nSPS) is 12.8. The minimum absolute atomic E-state index is 0.119. The molecule has 7 nitrogen and oxygen atoms in total. The Bertz CT molecular complexity index is 1060. The van der Waals surface area contributed by atoms with E-state index < -0.39 is 5.97 Å². The fourth-order valence-corrected chi connectivity index (χ4v) is 4.54. The van der Waals surface area contributed by atoms with E-state index in [1.807, 2.05) is 0 Å². The van der Waals surface area contributed by atoms with Crippen molar-refractivity contribution >= 4 is 27.5 Å². The third-order valence-electron chi connectivity index (χ3n) is 4.55. The lowest BCUT2D eigenvalue weighted by Crippen LogP contribution is -2.14. The molecule has 1 N–H and O–H groups in total. The fourth-order valence-electron chi connectivity index (χ4n) is 3.26. The van der Waals surface area contributed by atoms with Crippen LogP contribution in [0.15, 0.2) is 23.0 Å². The Balaban J connectivity index is 1.55. The van der Waals surface area contributed by atoms with Crippen molar-refractivity contribution in [3.8, 4) is 11.5 Å². The molecule has 0 unspecified atom stereocenters. The van der Waals surface area contributed by atoms with Crippen LogP contribution in [0.2, 0.25) is 0 Å². The number of hydrogen-bond acceptors (Lipinski definition) is 7. The van der Waals surface area contributed by atoms with E-state index in [1.165, 1.54) is 19.1 Å². The lowest BCUT2D eigenvalue weighted by molar-refractivity contribution is 0.0461. The molecular weight excluding hydrogens is 368 g/mol. The second-order valence-electron chi connectivity index (χ2n) is 6.23. The molecule has 27 heavy (non-hydrogen) atoms. The Morgan fingerprint density at radius 1 is 1.19 bits per heavy atom. The zero-order valence-corrected chi connectivity index (χ0v) is 15.8. The maximum atomic E-state index is 12.4. The number of methoxy groups -OCH3 is 2. The molecule has 0 atom stereocenters. The standard InChI is InChI=1S/C19H18N2O5S/c1-24-11-6-10(7-12(8-11)25-2)19(23)26-9-15-20-17(22)16-13-4-3-5-14(13)27-18(16)21-15/h6-8H,3-5,9H2,1-2H3,(H,20,21,22). The molecule has 0 saturated carbocycles. The predicted octanol–water partition coefficient (Wildman–Crippen LogP) is 2.85. The van der Waals surface area contributed by atoms with Crippen molar-refractivity contribution in [1.29, 1.82) is 0 Å². The molecule has 0 amide bonds. The lowest BCUT2D eigenvalue weighted by atomic mass is 10.2. The van der Waals surface area contributed by atoms with Crippen LogP contribution in [0.25, 0.3) is 10.2 Å². The highest BCUT2D eigenvalue weighted by Crippen LogP contribution is 2.34. The minimum Gasteiger partial charge on any atom is -0.497 e. The number of thiophene rings is 1. The van der Waals surface area contributed by atoms with Gasteiger partial charge in [0.25, 0.3) is 5.56 Å². The topological polar surface area (TPSA) is 90.5 Å². The van der Waals surface area contributed by atoms with Gasteiger partial charge in [0.05, 0.1) is 25.2 Å². The number of ether oxygens (including phenoxy) is 3. The molecule has 0 aliphatic heterocycles. The second kappa shape index (κ2) is 7.03. The number of H-pyrrole nitrogens is 1. The number of carbonyl (C=O) groups excluding carboxylic acids is 1. The quantitative estimate of drug-likeness (QED) is 0.678. The smallest absolute Gasteiger partial charge is 0.338 e. The van der Waals surface area contributed by atoms with Crippen LogP contribution >= 0.6 is 11.3 Å². The van der Waals surface area contributed by atoms with Crippen molar-refractivity contribution in [3.63, 3.8) is 0 Å². The van der Waals surface area contributed by atoms with Crippen LogP contribution in [0, 0.1) is 0 Å². The van der Waals surface area contributed by atoms with E-state index in [1.54, 1.807) is 29.5 Å². The van der Waals surface area contributed by atoms with Gasteiger partial charge in [0, 0.05) is 10.9 Å². The number of carbonyl (C=O) groups is 1. The molecule has 2 heterocycles. The molecule has 0 bridgehead atoms. The second-order valence-corrected chi connectivity index (χ2v) is 7.31. The van der Waals surface area contributed by atoms with Crippen LogP contribution in [0.3, 0.4) is 0 Å². The van der Waals surface area contributed by atoms with Crippen molar-refractivity contribution in [2.24, 2.45) is 0 Å². The van der Waals surface area contributed by atoms with E-state index in [4.69, 9.17) is 14.2 Å². The predicted molar refractivity (Wildman–Crippen MR) is 101 cm³/mol. The van der Waals surface area contributed by atoms with Gasteiger partial charge in [-0.3, -0.25) is 4.79 Å². The summed E-state index contributed by atoms with van der Waals surface area (Å²) < 4.78 is 15.6. The fraction of sp³-hybridized carbons (Fsp3) is 0.316. The van der Waals surface area contributed by atoms with Gasteiger partial charge in [-0.1, -0.05) is 0 Å². The molecule has 8 heteroatoms. The number of hydrogen-bond donors (Lipinski definition) is 1. The highest BCUT2D eigenvalue weighted by Gasteiger charge is 2.21. The van der Waals surface area contributed by atoms with E-state index in [-0.39, 0.29) is 12.2 Å². The first kappa shape index (κ1) is 17.5. The first-order chi connectivity index (χ1) is 13.1. The highest BCUT2D eigenvalue weighted by atomic mass is 32.1. The Morgan fingerprint density at radius 3 is 2.63 bits per heavy atom. The molecule has 140 valence electrons. The van der Waals surface area contributed by atoms with Crippen LogP contribution in [0.4, 0.5) is 0 Å².